The predicted octanol–water partition coefficient (Wildman–Crippen LogP) is 4.16. The van der Waals surface area contributed by atoms with Gasteiger partial charge < -0.3 is 0 Å². The van der Waals surface area contributed by atoms with Gasteiger partial charge in [0.05, 0.1) is 4.91 Å². The van der Waals surface area contributed by atoms with Crippen LogP contribution in [0.5, 0.6) is 0 Å². The Morgan fingerprint density at radius 2 is 1.93 bits per heavy atom. The average molecular weight is 525 g/mol. The first-order valence-corrected chi connectivity index (χ1v) is 11.1. The molecule has 154 valence electrons. The second-order valence-electron chi connectivity index (χ2n) is 6.15. The molecule has 0 unspecified atom stereocenters. The maximum absolute atomic E-state index is 12.6. The highest BCUT2D eigenvalue weighted by Crippen LogP contribution is 2.32. The molecule has 2 aromatic rings. The summed E-state index contributed by atoms with van der Waals surface area (Å²) in [5, 5.41) is 0.416. The van der Waals surface area contributed by atoms with Crippen molar-refractivity contribution in [2.75, 3.05) is 6.54 Å². The molecule has 3 amide bonds. The van der Waals surface area contributed by atoms with Gasteiger partial charge >= 0.3 is 0 Å². The van der Waals surface area contributed by atoms with E-state index in [1.54, 1.807) is 24.3 Å². The lowest BCUT2D eigenvalue weighted by atomic mass is 10.2. The van der Waals surface area contributed by atoms with Gasteiger partial charge in [0, 0.05) is 28.0 Å². The van der Waals surface area contributed by atoms with Crippen molar-refractivity contribution in [3.8, 4) is 0 Å². The molecule has 0 bridgehead atoms. The molecular weight excluding hydrogens is 510 g/mol. The molecule has 1 aliphatic rings. The van der Waals surface area contributed by atoms with Crippen molar-refractivity contribution < 1.29 is 14.4 Å². The van der Waals surface area contributed by atoms with Crippen molar-refractivity contribution >= 4 is 79.6 Å². The normalized spacial score (nSPS) is 14.9. The number of thiocarbonyl (C=S) groups is 1. The molecule has 1 heterocycles. The van der Waals surface area contributed by atoms with E-state index in [9.17, 15) is 14.4 Å². The van der Waals surface area contributed by atoms with Crippen LogP contribution in [0, 0.1) is 0 Å². The van der Waals surface area contributed by atoms with Crippen molar-refractivity contribution in [1.29, 1.82) is 0 Å². The highest BCUT2D eigenvalue weighted by molar-refractivity contribution is 9.10. The molecule has 10 heteroatoms. The number of amides is 3. The maximum Gasteiger partial charge on any atom is 0.269 e. The van der Waals surface area contributed by atoms with Crippen LogP contribution in [0.3, 0.4) is 0 Å². The van der Waals surface area contributed by atoms with Gasteiger partial charge in [-0.15, -0.1) is 0 Å². The van der Waals surface area contributed by atoms with Gasteiger partial charge in [0.1, 0.15) is 4.32 Å². The molecule has 30 heavy (non-hydrogen) atoms. The SMILES string of the molecule is O=C(CCN1C(=O)C(=Cc2cccc(Br)c2)SC1=S)NNC(=O)c1cccc(Cl)c1. The molecule has 3 rings (SSSR count). The molecule has 0 radical (unpaired) electrons. The summed E-state index contributed by atoms with van der Waals surface area (Å²) in [4.78, 5) is 38.6. The standard InChI is InChI=1S/C20H15BrClN3O3S2/c21-14-5-1-3-12(9-14)10-16-19(28)25(20(29)30-16)8-7-17(26)23-24-18(27)13-4-2-6-15(22)11-13/h1-6,9-11H,7-8H2,(H,23,26)(H,24,27). The third-order valence-corrected chi connectivity index (χ3v) is 6.09. The summed E-state index contributed by atoms with van der Waals surface area (Å²) in [5.41, 5.74) is 5.82. The van der Waals surface area contributed by atoms with Gasteiger partial charge in [0.2, 0.25) is 5.91 Å². The van der Waals surface area contributed by atoms with E-state index < -0.39 is 11.8 Å². The Balaban J connectivity index is 1.52. The van der Waals surface area contributed by atoms with Crippen LogP contribution in [-0.2, 0) is 9.59 Å². The summed E-state index contributed by atoms with van der Waals surface area (Å²) in [6.07, 6.45) is 1.74. The molecule has 2 N–H and O–H groups in total. The fourth-order valence-electron chi connectivity index (χ4n) is 2.54. The fraction of sp³-hybridized carbons (Fsp3) is 0.100. The molecule has 0 aromatic heterocycles. The summed E-state index contributed by atoms with van der Waals surface area (Å²) in [6, 6.07) is 13.9. The number of thioether (sulfide) groups is 1. The van der Waals surface area contributed by atoms with Crippen LogP contribution in [0.2, 0.25) is 5.02 Å². The van der Waals surface area contributed by atoms with Gasteiger partial charge in [-0.3, -0.25) is 30.1 Å². The van der Waals surface area contributed by atoms with Crippen molar-refractivity contribution in [3.05, 3.63) is 74.1 Å². The minimum Gasteiger partial charge on any atom is -0.292 e. The van der Waals surface area contributed by atoms with Crippen LogP contribution in [-0.4, -0.2) is 33.5 Å². The summed E-state index contributed by atoms with van der Waals surface area (Å²) in [5.74, 6) is -1.19. The Labute approximate surface area is 196 Å². The highest BCUT2D eigenvalue weighted by atomic mass is 79.9. The summed E-state index contributed by atoms with van der Waals surface area (Å²) in [7, 11) is 0. The first-order valence-electron chi connectivity index (χ1n) is 8.69. The Morgan fingerprint density at radius 1 is 1.17 bits per heavy atom. The molecule has 0 saturated carbocycles. The number of carbonyl (C=O) groups excluding carboxylic acids is 3. The van der Waals surface area contributed by atoms with Crippen LogP contribution < -0.4 is 10.9 Å². The number of hydrazine groups is 1. The highest BCUT2D eigenvalue weighted by Gasteiger charge is 2.32. The molecule has 1 saturated heterocycles. The maximum atomic E-state index is 12.6. The van der Waals surface area contributed by atoms with E-state index in [-0.39, 0.29) is 18.9 Å². The van der Waals surface area contributed by atoms with Crippen LogP contribution in [0.25, 0.3) is 6.08 Å². The molecule has 0 aliphatic carbocycles. The van der Waals surface area contributed by atoms with Crippen molar-refractivity contribution in [1.82, 2.24) is 15.8 Å². The van der Waals surface area contributed by atoms with Gasteiger partial charge in [0.25, 0.3) is 11.8 Å². The molecule has 1 aliphatic heterocycles. The third-order valence-electron chi connectivity index (χ3n) is 3.98. The zero-order valence-electron chi connectivity index (χ0n) is 15.4. The number of carbonyl (C=O) groups is 3. The van der Waals surface area contributed by atoms with E-state index >= 15 is 0 Å². The molecule has 1 fully saturated rings. The first-order chi connectivity index (χ1) is 14.3. The Kier molecular flexibility index (Phi) is 7.65. The van der Waals surface area contributed by atoms with E-state index in [2.05, 4.69) is 26.8 Å². The monoisotopic (exact) mass is 523 g/mol. The molecular formula is C20H15BrClN3O3S2. The lowest BCUT2D eigenvalue weighted by molar-refractivity contribution is -0.124. The second kappa shape index (κ2) is 10.2. The third kappa shape index (κ3) is 5.91. The second-order valence-corrected chi connectivity index (χ2v) is 9.18. The van der Waals surface area contributed by atoms with Gasteiger partial charge in [-0.1, -0.05) is 69.7 Å². The quantitative estimate of drug-likeness (QED) is 0.349. The lowest BCUT2D eigenvalue weighted by Gasteiger charge is -2.14. The number of hydrogen-bond donors (Lipinski definition) is 2. The van der Waals surface area contributed by atoms with E-state index in [4.69, 9.17) is 23.8 Å². The fourth-order valence-corrected chi connectivity index (χ4v) is 4.46. The van der Waals surface area contributed by atoms with Gasteiger partial charge in [-0.25, -0.2) is 0 Å². The number of benzene rings is 2. The molecule has 6 nitrogen and oxygen atoms in total. The minimum atomic E-state index is -0.492. The Morgan fingerprint density at radius 3 is 2.67 bits per heavy atom. The Hall–Kier alpha value is -2.20. The molecule has 0 spiro atoms. The number of hydrogen-bond acceptors (Lipinski definition) is 5. The van der Waals surface area contributed by atoms with Gasteiger partial charge in [-0.2, -0.15) is 0 Å². The smallest absolute Gasteiger partial charge is 0.269 e. The van der Waals surface area contributed by atoms with Crippen molar-refractivity contribution in [2.24, 2.45) is 0 Å². The van der Waals surface area contributed by atoms with Crippen LogP contribution >= 0.6 is 51.5 Å². The topological polar surface area (TPSA) is 78.5 Å². The number of rotatable bonds is 5. The van der Waals surface area contributed by atoms with Crippen molar-refractivity contribution in [2.45, 2.75) is 6.42 Å². The summed E-state index contributed by atoms with van der Waals surface area (Å²) in [6.45, 7) is 0.110. The predicted molar refractivity (Wildman–Crippen MR) is 126 cm³/mol. The van der Waals surface area contributed by atoms with E-state index in [1.165, 1.54) is 22.7 Å². The zero-order chi connectivity index (χ0) is 21.7. The van der Waals surface area contributed by atoms with E-state index in [0.29, 0.717) is 19.8 Å². The van der Waals surface area contributed by atoms with Crippen LogP contribution in [0.1, 0.15) is 22.3 Å². The lowest BCUT2D eigenvalue weighted by Crippen LogP contribution is -2.43. The average Bonchev–Trinajstić information content (AvgIpc) is 2.97. The first kappa shape index (κ1) is 22.5. The minimum absolute atomic E-state index is 0.0214. The van der Waals surface area contributed by atoms with Crippen LogP contribution in [0.4, 0.5) is 0 Å². The number of nitrogens with one attached hydrogen (secondary N) is 2. The van der Waals surface area contributed by atoms with E-state index in [0.717, 1.165) is 10.0 Å². The van der Waals surface area contributed by atoms with Gasteiger partial charge in [0.15, 0.2) is 0 Å². The van der Waals surface area contributed by atoms with Crippen molar-refractivity contribution in [3.63, 3.8) is 0 Å². The molecule has 2 aromatic carbocycles. The molecule has 0 atom stereocenters. The Bertz CT molecular complexity index is 1060. The van der Waals surface area contributed by atoms with E-state index in [1.807, 2.05) is 24.3 Å². The largest absolute Gasteiger partial charge is 0.292 e. The summed E-state index contributed by atoms with van der Waals surface area (Å²) >= 11 is 15.7. The van der Waals surface area contributed by atoms with Gasteiger partial charge in [-0.05, 0) is 42.0 Å². The number of halogens is 2. The van der Waals surface area contributed by atoms with Crippen LogP contribution in [0.15, 0.2) is 57.9 Å². The summed E-state index contributed by atoms with van der Waals surface area (Å²) < 4.78 is 1.29. The number of nitrogens with zero attached hydrogens (tertiary/aromatic N) is 1. The zero-order valence-corrected chi connectivity index (χ0v) is 19.3.